The van der Waals surface area contributed by atoms with E-state index in [4.69, 9.17) is 23.2 Å². The van der Waals surface area contributed by atoms with E-state index >= 15 is 0 Å². The molecule has 1 N–H and O–H groups in total. The van der Waals surface area contributed by atoms with Crippen molar-refractivity contribution in [3.05, 3.63) is 78.3 Å². The van der Waals surface area contributed by atoms with Gasteiger partial charge >= 0.3 is 0 Å². The lowest BCUT2D eigenvalue weighted by Gasteiger charge is -2.22. The van der Waals surface area contributed by atoms with Crippen molar-refractivity contribution in [1.29, 1.82) is 0 Å². The van der Waals surface area contributed by atoms with E-state index in [0.717, 1.165) is 6.07 Å². The van der Waals surface area contributed by atoms with Crippen molar-refractivity contribution in [2.24, 2.45) is 0 Å². The number of non-ortho nitro benzene ring substituents is 1. The molecule has 0 spiro atoms. The number of halogens is 2. The Hall–Kier alpha value is -2.97. The van der Waals surface area contributed by atoms with Crippen LogP contribution in [0.15, 0.2) is 41.2 Å². The fourth-order valence-corrected chi connectivity index (χ4v) is 3.26. The minimum atomic E-state index is -0.594. The number of aromatic nitrogens is 2. The molecule has 3 rings (SSSR count). The number of H-pyrrole nitrogens is 1. The van der Waals surface area contributed by atoms with Gasteiger partial charge in [0.25, 0.3) is 17.2 Å². The molecule has 29 heavy (non-hydrogen) atoms. The molecule has 0 aliphatic heterocycles. The summed E-state index contributed by atoms with van der Waals surface area (Å²) >= 11 is 12.1. The number of nitro benzene ring substituents is 1. The first-order chi connectivity index (χ1) is 13.8. The lowest BCUT2D eigenvalue weighted by molar-refractivity contribution is -0.384. The predicted molar refractivity (Wildman–Crippen MR) is 111 cm³/mol. The van der Waals surface area contributed by atoms with E-state index in [1.54, 1.807) is 18.2 Å². The highest BCUT2D eigenvalue weighted by Gasteiger charge is 2.22. The number of carbonyl (C=O) groups is 1. The molecule has 0 aliphatic carbocycles. The number of hydrogen-bond donors (Lipinski definition) is 1. The molecule has 1 aromatic heterocycles. The van der Waals surface area contributed by atoms with Crippen molar-refractivity contribution in [3.63, 3.8) is 0 Å². The van der Waals surface area contributed by atoms with Gasteiger partial charge in [-0.3, -0.25) is 19.7 Å². The third-order valence-electron chi connectivity index (χ3n) is 4.23. The average molecular weight is 435 g/mol. The van der Waals surface area contributed by atoms with Crippen LogP contribution in [0.3, 0.4) is 0 Å². The molecule has 1 amide bonds. The van der Waals surface area contributed by atoms with Crippen molar-refractivity contribution >= 4 is 45.7 Å². The molecule has 0 fully saturated rings. The van der Waals surface area contributed by atoms with Crippen LogP contribution in [-0.4, -0.2) is 32.2 Å². The van der Waals surface area contributed by atoms with Gasteiger partial charge in [0.15, 0.2) is 0 Å². The van der Waals surface area contributed by atoms with Gasteiger partial charge in [-0.2, -0.15) is 0 Å². The number of benzene rings is 2. The summed E-state index contributed by atoms with van der Waals surface area (Å²) in [4.78, 5) is 44.3. The second-order valence-corrected chi connectivity index (χ2v) is 7.17. The van der Waals surface area contributed by atoms with Crippen LogP contribution in [0.4, 0.5) is 5.69 Å². The second kappa shape index (κ2) is 8.59. The smallest absolute Gasteiger partial charge is 0.270 e. The summed E-state index contributed by atoms with van der Waals surface area (Å²) in [6.07, 6.45) is 0.627. The number of nitrogens with one attached hydrogen (secondary N) is 1. The topological polar surface area (TPSA) is 109 Å². The molecule has 1 heterocycles. The fraction of sp³-hybridized carbons (Fsp3) is 0.211. The number of hydrogen-bond acceptors (Lipinski definition) is 5. The Morgan fingerprint density at radius 1 is 1.24 bits per heavy atom. The minimum absolute atomic E-state index is 0.00336. The lowest BCUT2D eigenvalue weighted by Crippen LogP contribution is -2.33. The Bertz CT molecular complexity index is 1160. The quantitative estimate of drug-likeness (QED) is 0.461. The summed E-state index contributed by atoms with van der Waals surface area (Å²) in [5, 5.41) is 12.0. The zero-order valence-electron chi connectivity index (χ0n) is 15.3. The van der Waals surface area contributed by atoms with Gasteiger partial charge in [0.1, 0.15) is 5.82 Å². The molecular weight excluding hydrogens is 419 g/mol. The van der Waals surface area contributed by atoms with E-state index in [2.05, 4.69) is 9.97 Å². The number of rotatable bonds is 6. The van der Waals surface area contributed by atoms with E-state index in [9.17, 15) is 19.7 Å². The zero-order valence-corrected chi connectivity index (χ0v) is 16.8. The van der Waals surface area contributed by atoms with Crippen molar-refractivity contribution < 1.29 is 9.72 Å². The first-order valence-corrected chi connectivity index (χ1v) is 9.47. The first kappa shape index (κ1) is 20.8. The highest BCUT2D eigenvalue weighted by molar-refractivity contribution is 6.34. The molecule has 0 unspecified atom stereocenters. The van der Waals surface area contributed by atoms with Gasteiger partial charge in [0, 0.05) is 23.7 Å². The van der Waals surface area contributed by atoms with Gasteiger partial charge in [-0.05, 0) is 30.7 Å². The van der Waals surface area contributed by atoms with Crippen LogP contribution in [-0.2, 0) is 6.54 Å². The molecule has 2 aromatic carbocycles. The summed E-state index contributed by atoms with van der Waals surface area (Å²) in [7, 11) is 0. The van der Waals surface area contributed by atoms with Crippen molar-refractivity contribution in [3.8, 4) is 0 Å². The first-order valence-electron chi connectivity index (χ1n) is 8.71. The Balaban J connectivity index is 1.98. The monoisotopic (exact) mass is 434 g/mol. The predicted octanol–water partition coefficient (Wildman–Crippen LogP) is 4.19. The number of carbonyl (C=O) groups excluding carboxylic acids is 1. The van der Waals surface area contributed by atoms with Crippen LogP contribution in [0.1, 0.15) is 29.5 Å². The third kappa shape index (κ3) is 4.55. The van der Waals surface area contributed by atoms with Crippen LogP contribution in [0.5, 0.6) is 0 Å². The van der Waals surface area contributed by atoms with E-state index < -0.39 is 10.8 Å². The Kier molecular flexibility index (Phi) is 6.14. The van der Waals surface area contributed by atoms with Crippen molar-refractivity contribution in [2.45, 2.75) is 19.9 Å². The molecule has 0 aliphatic rings. The van der Waals surface area contributed by atoms with E-state index in [-0.39, 0.29) is 34.2 Å². The van der Waals surface area contributed by atoms with Gasteiger partial charge in [-0.15, -0.1) is 0 Å². The Morgan fingerprint density at radius 2 is 2.00 bits per heavy atom. The van der Waals surface area contributed by atoms with Gasteiger partial charge in [-0.1, -0.05) is 30.1 Å². The molecule has 0 saturated heterocycles. The van der Waals surface area contributed by atoms with Gasteiger partial charge in [-0.25, -0.2) is 4.98 Å². The third-order valence-corrected chi connectivity index (χ3v) is 4.79. The molecule has 0 saturated carbocycles. The molecule has 0 radical (unpaired) electrons. The summed E-state index contributed by atoms with van der Waals surface area (Å²) in [5.41, 5.74) is -0.158. The number of nitro groups is 1. The molecule has 8 nitrogen and oxygen atoms in total. The number of nitrogens with zero attached hydrogens (tertiary/aromatic N) is 3. The van der Waals surface area contributed by atoms with Crippen LogP contribution in [0, 0.1) is 10.1 Å². The maximum absolute atomic E-state index is 13.0. The largest absolute Gasteiger partial charge is 0.331 e. The summed E-state index contributed by atoms with van der Waals surface area (Å²) in [6.45, 7) is 2.23. The fourth-order valence-electron chi connectivity index (χ4n) is 2.90. The maximum atomic E-state index is 13.0. The van der Waals surface area contributed by atoms with E-state index in [1.165, 1.54) is 17.0 Å². The SMILES string of the molecule is CCCN(Cc1nc2cc(Cl)ccc2c(=O)[nH]1)C(=O)c1cc([N+](=O)[O-])ccc1Cl. The minimum Gasteiger partial charge on any atom is -0.331 e. The summed E-state index contributed by atoms with van der Waals surface area (Å²) < 4.78 is 0. The average Bonchev–Trinajstić information content (AvgIpc) is 2.67. The maximum Gasteiger partial charge on any atom is 0.270 e. The van der Waals surface area contributed by atoms with Gasteiger partial charge < -0.3 is 9.88 Å². The van der Waals surface area contributed by atoms with E-state index in [1.807, 2.05) is 6.92 Å². The normalized spacial score (nSPS) is 10.9. The Morgan fingerprint density at radius 3 is 2.69 bits per heavy atom. The molecule has 3 aromatic rings. The molecule has 0 bridgehead atoms. The van der Waals surface area contributed by atoms with Gasteiger partial charge in [0.05, 0.1) is 33.0 Å². The van der Waals surface area contributed by atoms with Crippen molar-refractivity contribution in [2.75, 3.05) is 6.54 Å². The molecule has 150 valence electrons. The highest BCUT2D eigenvalue weighted by atomic mass is 35.5. The van der Waals surface area contributed by atoms with Crippen molar-refractivity contribution in [1.82, 2.24) is 14.9 Å². The second-order valence-electron chi connectivity index (χ2n) is 6.32. The standard InChI is InChI=1S/C19H16Cl2N4O4/c1-2-7-24(19(27)14-9-12(25(28)29)4-6-15(14)21)10-17-22-16-8-11(20)3-5-13(16)18(26)23-17/h3-6,8-9H,2,7,10H2,1H3,(H,22,23,26). The number of aromatic amines is 1. The number of fused-ring (bicyclic) bond motifs is 1. The lowest BCUT2D eigenvalue weighted by atomic mass is 10.1. The van der Waals surface area contributed by atoms with Crippen LogP contribution in [0.2, 0.25) is 10.0 Å². The number of amides is 1. The molecule has 0 atom stereocenters. The Labute approximate surface area is 175 Å². The molecule has 10 heteroatoms. The van der Waals surface area contributed by atoms with Crippen LogP contribution in [0.25, 0.3) is 10.9 Å². The van der Waals surface area contributed by atoms with Gasteiger partial charge in [0.2, 0.25) is 0 Å². The summed E-state index contributed by atoms with van der Waals surface area (Å²) in [6, 6.07) is 8.43. The zero-order chi connectivity index (χ0) is 21.1. The van der Waals surface area contributed by atoms with Crippen LogP contribution >= 0.6 is 23.2 Å². The summed E-state index contributed by atoms with van der Waals surface area (Å²) in [5.74, 6) is -0.220. The van der Waals surface area contributed by atoms with E-state index in [0.29, 0.717) is 28.9 Å². The highest BCUT2D eigenvalue weighted by Crippen LogP contribution is 2.24. The van der Waals surface area contributed by atoms with Crippen LogP contribution < -0.4 is 5.56 Å². The molecular formula is C19H16Cl2N4O4.